The summed E-state index contributed by atoms with van der Waals surface area (Å²) >= 11 is 0. The molecule has 3 aliphatic rings. The van der Waals surface area contributed by atoms with Gasteiger partial charge >= 0.3 is 5.97 Å². The minimum Gasteiger partial charge on any atom is -0.457 e. The van der Waals surface area contributed by atoms with Gasteiger partial charge in [0.2, 0.25) is 0 Å². The molecule has 1 aliphatic carbocycles. The molecular formula is C21H32O9. The lowest BCUT2D eigenvalue weighted by atomic mass is 9.82. The van der Waals surface area contributed by atoms with Gasteiger partial charge in [-0.05, 0) is 38.3 Å². The highest BCUT2D eigenvalue weighted by Crippen LogP contribution is 2.36. The van der Waals surface area contributed by atoms with Crippen molar-refractivity contribution in [3.63, 3.8) is 0 Å². The van der Waals surface area contributed by atoms with Gasteiger partial charge in [0.15, 0.2) is 6.29 Å². The van der Waals surface area contributed by atoms with Gasteiger partial charge in [-0.3, -0.25) is 4.79 Å². The number of aliphatic hydroxyl groups excluding tert-OH is 5. The maximum absolute atomic E-state index is 12.1. The predicted molar refractivity (Wildman–Crippen MR) is 104 cm³/mol. The molecule has 0 aromatic rings. The van der Waals surface area contributed by atoms with Crippen LogP contribution in [0.2, 0.25) is 0 Å². The van der Waals surface area contributed by atoms with Crippen LogP contribution in [0.15, 0.2) is 23.3 Å². The molecule has 0 aromatic heterocycles. The molecule has 2 heterocycles. The van der Waals surface area contributed by atoms with Crippen LogP contribution in [0.3, 0.4) is 0 Å². The summed E-state index contributed by atoms with van der Waals surface area (Å²) in [6, 6.07) is 0. The van der Waals surface area contributed by atoms with Crippen molar-refractivity contribution in [2.45, 2.75) is 82.6 Å². The Morgan fingerprint density at radius 2 is 1.83 bits per heavy atom. The van der Waals surface area contributed by atoms with E-state index in [9.17, 15) is 30.3 Å². The molecule has 30 heavy (non-hydrogen) atoms. The van der Waals surface area contributed by atoms with Crippen LogP contribution >= 0.6 is 0 Å². The number of esters is 1. The molecule has 0 spiro atoms. The van der Waals surface area contributed by atoms with E-state index in [1.54, 1.807) is 19.9 Å². The molecule has 0 amide bonds. The standard InChI is InChI=1S/C21H32O9/c1-9-4-5-13(29-21-19(26)18(25)17(24)15(8-22)30-21)10(2)7-14-16(12(23)6-9)11(3)20(27)28-14/h4,7,11-19,21-26H,5-6,8H2,1-3H3/b9-4+,10-7+/t11-,12-,13-,14-,15+,16+,17+,18-,19+,21+/m0/s1. The molecule has 0 bridgehead atoms. The summed E-state index contributed by atoms with van der Waals surface area (Å²) in [4.78, 5) is 12.1. The number of hydrogen-bond acceptors (Lipinski definition) is 9. The number of fused-ring (bicyclic) bond motifs is 1. The first kappa shape index (κ1) is 23.3. The summed E-state index contributed by atoms with van der Waals surface area (Å²) in [6.45, 7) is 4.87. The zero-order valence-electron chi connectivity index (χ0n) is 17.4. The van der Waals surface area contributed by atoms with Crippen LogP contribution in [0.4, 0.5) is 0 Å². The normalized spacial score (nSPS) is 48.7. The fraction of sp³-hybridized carbons (Fsp3) is 0.762. The predicted octanol–water partition coefficient (Wildman–Crippen LogP) is -0.603. The van der Waals surface area contributed by atoms with E-state index in [1.165, 1.54) is 0 Å². The van der Waals surface area contributed by atoms with Crippen molar-refractivity contribution in [3.8, 4) is 0 Å². The van der Waals surface area contributed by atoms with Crippen molar-refractivity contribution in [1.29, 1.82) is 0 Å². The fourth-order valence-electron chi connectivity index (χ4n) is 4.37. The van der Waals surface area contributed by atoms with E-state index in [-0.39, 0.29) is 11.9 Å². The summed E-state index contributed by atoms with van der Waals surface area (Å²) < 4.78 is 16.9. The van der Waals surface area contributed by atoms with Gasteiger partial charge in [0, 0.05) is 5.92 Å². The van der Waals surface area contributed by atoms with Crippen molar-refractivity contribution in [1.82, 2.24) is 0 Å². The Kier molecular flexibility index (Phi) is 7.34. The second kappa shape index (κ2) is 9.44. The second-order valence-corrected chi connectivity index (χ2v) is 8.56. The van der Waals surface area contributed by atoms with Gasteiger partial charge in [-0.25, -0.2) is 0 Å². The van der Waals surface area contributed by atoms with Gasteiger partial charge in [-0.15, -0.1) is 0 Å². The van der Waals surface area contributed by atoms with E-state index in [1.807, 2.05) is 13.0 Å². The molecular weight excluding hydrogens is 396 g/mol. The third-order valence-corrected chi connectivity index (χ3v) is 6.32. The van der Waals surface area contributed by atoms with Crippen LogP contribution in [-0.4, -0.2) is 87.1 Å². The molecule has 3 rings (SSSR count). The first-order valence-electron chi connectivity index (χ1n) is 10.3. The highest BCUT2D eigenvalue weighted by molar-refractivity contribution is 5.75. The van der Waals surface area contributed by atoms with E-state index in [2.05, 4.69) is 0 Å². The summed E-state index contributed by atoms with van der Waals surface area (Å²) in [6.07, 6.45) is -4.28. The molecule has 2 saturated heterocycles. The van der Waals surface area contributed by atoms with Gasteiger partial charge in [0.05, 0.1) is 24.7 Å². The SMILES string of the molecule is C/C1=C\C[C@H](O[C@@H]2O[C@H](CO)[C@@H](O)[C@H](O)[C@H]2O)/C(C)=C/[C@@H]2OC(=O)[C@@H](C)[C@@H]2[C@@H](O)C1. The van der Waals surface area contributed by atoms with Crippen molar-refractivity contribution < 1.29 is 44.5 Å². The molecule has 0 unspecified atom stereocenters. The molecule has 2 fully saturated rings. The number of carbonyl (C=O) groups is 1. The quantitative estimate of drug-likeness (QED) is 0.294. The monoisotopic (exact) mass is 428 g/mol. The van der Waals surface area contributed by atoms with Crippen molar-refractivity contribution in [2.24, 2.45) is 11.8 Å². The lowest BCUT2D eigenvalue weighted by molar-refractivity contribution is -0.308. The number of rotatable bonds is 3. The van der Waals surface area contributed by atoms with E-state index in [0.717, 1.165) is 5.57 Å². The number of carbonyl (C=O) groups excluding carboxylic acids is 1. The van der Waals surface area contributed by atoms with Crippen molar-refractivity contribution >= 4 is 5.97 Å². The number of aliphatic hydroxyl groups is 5. The maximum atomic E-state index is 12.1. The zero-order chi connectivity index (χ0) is 22.2. The third-order valence-electron chi connectivity index (χ3n) is 6.32. The van der Waals surface area contributed by atoms with Gasteiger partial charge in [0.25, 0.3) is 0 Å². The highest BCUT2D eigenvalue weighted by atomic mass is 16.7. The summed E-state index contributed by atoms with van der Waals surface area (Å²) in [5.41, 5.74) is 1.63. The molecule has 0 radical (unpaired) electrons. The Bertz CT molecular complexity index is 688. The second-order valence-electron chi connectivity index (χ2n) is 8.56. The Morgan fingerprint density at radius 1 is 1.13 bits per heavy atom. The highest BCUT2D eigenvalue weighted by Gasteiger charge is 2.47. The Hall–Kier alpha value is -1.33. The Labute approximate surface area is 175 Å². The van der Waals surface area contributed by atoms with Crippen molar-refractivity contribution in [2.75, 3.05) is 6.61 Å². The molecule has 5 N–H and O–H groups in total. The van der Waals surface area contributed by atoms with Gasteiger partial charge in [-0.2, -0.15) is 0 Å². The van der Waals surface area contributed by atoms with Crippen LogP contribution in [0.25, 0.3) is 0 Å². The average Bonchev–Trinajstić information content (AvgIpc) is 2.97. The van der Waals surface area contributed by atoms with E-state index < -0.39 is 61.5 Å². The molecule has 2 aliphatic heterocycles. The smallest absolute Gasteiger partial charge is 0.309 e. The van der Waals surface area contributed by atoms with E-state index in [4.69, 9.17) is 14.2 Å². The number of hydrogen-bond donors (Lipinski definition) is 5. The first-order valence-corrected chi connectivity index (χ1v) is 10.3. The van der Waals surface area contributed by atoms with Gasteiger partial charge < -0.3 is 39.7 Å². The summed E-state index contributed by atoms with van der Waals surface area (Å²) in [5.74, 6) is -1.19. The summed E-state index contributed by atoms with van der Waals surface area (Å²) in [7, 11) is 0. The van der Waals surface area contributed by atoms with Crippen molar-refractivity contribution in [3.05, 3.63) is 23.3 Å². The van der Waals surface area contributed by atoms with Gasteiger partial charge in [-0.1, -0.05) is 18.6 Å². The van der Waals surface area contributed by atoms with E-state index >= 15 is 0 Å². The third kappa shape index (κ3) is 4.62. The maximum Gasteiger partial charge on any atom is 0.309 e. The largest absolute Gasteiger partial charge is 0.457 e. The van der Waals surface area contributed by atoms with Crippen LogP contribution in [0.1, 0.15) is 33.6 Å². The summed E-state index contributed by atoms with van der Waals surface area (Å²) in [5, 5.41) is 50.3. The lowest BCUT2D eigenvalue weighted by Gasteiger charge is -2.41. The lowest BCUT2D eigenvalue weighted by Crippen LogP contribution is -2.59. The first-order chi connectivity index (χ1) is 14.1. The average molecular weight is 428 g/mol. The molecule has 0 saturated carbocycles. The fourth-order valence-corrected chi connectivity index (χ4v) is 4.37. The Balaban J connectivity index is 1.85. The molecule has 10 atom stereocenters. The topological polar surface area (TPSA) is 146 Å². The zero-order valence-corrected chi connectivity index (χ0v) is 17.4. The van der Waals surface area contributed by atoms with Crippen LogP contribution in [0.5, 0.6) is 0 Å². The minimum absolute atomic E-state index is 0.361. The molecule has 9 heteroatoms. The molecule has 9 nitrogen and oxygen atoms in total. The van der Waals surface area contributed by atoms with Gasteiger partial charge in [0.1, 0.15) is 30.5 Å². The minimum atomic E-state index is -1.53. The van der Waals surface area contributed by atoms with Crippen LogP contribution in [0, 0.1) is 11.8 Å². The Morgan fingerprint density at radius 3 is 2.50 bits per heavy atom. The van der Waals surface area contributed by atoms with Crippen LogP contribution < -0.4 is 0 Å². The van der Waals surface area contributed by atoms with E-state index in [0.29, 0.717) is 18.4 Å². The number of ether oxygens (including phenoxy) is 3. The van der Waals surface area contributed by atoms with Crippen LogP contribution in [-0.2, 0) is 19.0 Å². The molecule has 170 valence electrons. The molecule has 0 aromatic carbocycles.